The van der Waals surface area contributed by atoms with E-state index in [0.717, 1.165) is 0 Å². The summed E-state index contributed by atoms with van der Waals surface area (Å²) in [6, 6.07) is 0. The van der Waals surface area contributed by atoms with E-state index in [4.69, 9.17) is 4.74 Å². The molecule has 0 fully saturated rings. The topological polar surface area (TPSA) is 78.5 Å². The minimum absolute atomic E-state index is 0.130. The predicted octanol–water partition coefficient (Wildman–Crippen LogP) is -0.156. The highest BCUT2D eigenvalue weighted by Gasteiger charge is 2.08. The Labute approximate surface area is 96.6 Å². The fourth-order valence-corrected chi connectivity index (χ4v) is 1.46. The zero-order valence-electron chi connectivity index (χ0n) is 9.37. The number of aryl methyl sites for hydroxylation is 1. The molecule has 2 rings (SSSR count). The maximum atomic E-state index is 11.8. The van der Waals surface area contributed by atoms with Crippen molar-refractivity contribution in [1.29, 1.82) is 0 Å². The van der Waals surface area contributed by atoms with Crippen LogP contribution in [0.1, 0.15) is 13.3 Å². The van der Waals surface area contributed by atoms with Crippen LogP contribution in [0.5, 0.6) is 0 Å². The van der Waals surface area contributed by atoms with E-state index in [9.17, 15) is 9.59 Å². The Morgan fingerprint density at radius 2 is 2.35 bits per heavy atom. The molecule has 0 N–H and O–H groups in total. The third-order valence-electron chi connectivity index (χ3n) is 2.22. The number of esters is 1. The van der Waals surface area contributed by atoms with Crippen molar-refractivity contribution < 1.29 is 9.53 Å². The summed E-state index contributed by atoms with van der Waals surface area (Å²) in [5, 5.41) is 4.04. The van der Waals surface area contributed by atoms with Crippen LogP contribution >= 0.6 is 0 Å². The van der Waals surface area contributed by atoms with Crippen LogP contribution in [0.2, 0.25) is 0 Å². The van der Waals surface area contributed by atoms with Gasteiger partial charge >= 0.3 is 11.7 Å². The molecular weight excluding hydrogens is 224 g/mol. The number of carbonyl (C=O) groups is 1. The van der Waals surface area contributed by atoms with Gasteiger partial charge in [-0.3, -0.25) is 9.78 Å². The van der Waals surface area contributed by atoms with E-state index in [1.807, 2.05) is 0 Å². The lowest BCUT2D eigenvalue weighted by atomic mass is 10.4. The average molecular weight is 236 g/mol. The Morgan fingerprint density at radius 1 is 1.53 bits per heavy atom. The molecule has 0 bridgehead atoms. The van der Waals surface area contributed by atoms with Crippen LogP contribution in [0.15, 0.2) is 23.4 Å². The van der Waals surface area contributed by atoms with Crippen molar-refractivity contribution in [2.24, 2.45) is 0 Å². The lowest BCUT2D eigenvalue weighted by Crippen LogP contribution is -2.22. The molecule has 2 heterocycles. The minimum Gasteiger partial charge on any atom is -0.466 e. The quantitative estimate of drug-likeness (QED) is 0.689. The van der Waals surface area contributed by atoms with Crippen LogP contribution < -0.4 is 5.69 Å². The number of hydrogen-bond donors (Lipinski definition) is 0. The van der Waals surface area contributed by atoms with Crippen molar-refractivity contribution in [1.82, 2.24) is 19.2 Å². The smallest absolute Gasteiger partial charge is 0.350 e. The molecule has 0 amide bonds. The molecule has 0 saturated heterocycles. The van der Waals surface area contributed by atoms with E-state index in [1.54, 1.807) is 6.92 Å². The first-order chi connectivity index (χ1) is 8.22. The second-order valence-corrected chi connectivity index (χ2v) is 3.37. The number of rotatable bonds is 4. The summed E-state index contributed by atoms with van der Waals surface area (Å²) < 4.78 is 7.38. The van der Waals surface area contributed by atoms with Gasteiger partial charge in [-0.2, -0.15) is 0 Å². The Bertz CT molecular complexity index is 586. The van der Waals surface area contributed by atoms with Crippen LogP contribution in [0, 0.1) is 0 Å². The van der Waals surface area contributed by atoms with Crippen molar-refractivity contribution in [3.05, 3.63) is 29.1 Å². The van der Waals surface area contributed by atoms with Gasteiger partial charge in [-0.05, 0) is 6.92 Å². The number of ether oxygens (including phenoxy) is 1. The van der Waals surface area contributed by atoms with Crippen LogP contribution in [0.4, 0.5) is 0 Å². The first kappa shape index (κ1) is 11.3. The highest BCUT2D eigenvalue weighted by Crippen LogP contribution is 1.94. The molecular formula is C10H12N4O3. The van der Waals surface area contributed by atoms with Crippen LogP contribution in [-0.2, 0) is 16.1 Å². The summed E-state index contributed by atoms with van der Waals surface area (Å²) in [7, 11) is 0. The molecule has 0 aliphatic heterocycles. The van der Waals surface area contributed by atoms with Crippen molar-refractivity contribution in [3.8, 4) is 0 Å². The van der Waals surface area contributed by atoms with Gasteiger partial charge in [0.1, 0.15) is 0 Å². The van der Waals surface area contributed by atoms with Crippen LogP contribution in [0.3, 0.4) is 0 Å². The lowest BCUT2D eigenvalue weighted by Gasteiger charge is -2.00. The molecule has 7 heteroatoms. The third kappa shape index (κ3) is 2.32. The van der Waals surface area contributed by atoms with Crippen molar-refractivity contribution in [3.63, 3.8) is 0 Å². The average Bonchev–Trinajstić information content (AvgIpc) is 2.65. The Hall–Kier alpha value is -2.18. The maximum absolute atomic E-state index is 11.8. The second-order valence-electron chi connectivity index (χ2n) is 3.37. The summed E-state index contributed by atoms with van der Waals surface area (Å²) >= 11 is 0. The number of fused-ring (bicyclic) bond motifs is 1. The van der Waals surface area contributed by atoms with Gasteiger partial charge in [-0.1, -0.05) is 0 Å². The number of aromatic nitrogens is 4. The highest BCUT2D eigenvalue weighted by atomic mass is 16.5. The van der Waals surface area contributed by atoms with Gasteiger partial charge in [0, 0.05) is 12.4 Å². The standard InChI is InChI=1S/C10H12N4O3/c1-2-17-9(15)3-5-14-10(16)13-6-4-11-7-8(13)12-14/h4,6-7H,2-3,5H2,1H3. The van der Waals surface area contributed by atoms with Crippen molar-refractivity contribution in [2.45, 2.75) is 19.9 Å². The van der Waals surface area contributed by atoms with E-state index in [0.29, 0.717) is 12.3 Å². The number of carbonyl (C=O) groups excluding carboxylic acids is 1. The molecule has 0 aliphatic carbocycles. The van der Waals surface area contributed by atoms with Gasteiger partial charge < -0.3 is 4.74 Å². The molecule has 0 aliphatic rings. The van der Waals surface area contributed by atoms with E-state index < -0.39 is 0 Å². The number of hydrogen-bond acceptors (Lipinski definition) is 5. The monoisotopic (exact) mass is 236 g/mol. The van der Waals surface area contributed by atoms with Gasteiger partial charge in [0.15, 0.2) is 5.65 Å². The molecule has 90 valence electrons. The van der Waals surface area contributed by atoms with E-state index >= 15 is 0 Å². The second kappa shape index (κ2) is 4.77. The first-order valence-electron chi connectivity index (χ1n) is 5.27. The zero-order valence-corrected chi connectivity index (χ0v) is 9.37. The molecule has 0 aromatic carbocycles. The van der Waals surface area contributed by atoms with Gasteiger partial charge in [0.05, 0.1) is 25.8 Å². The van der Waals surface area contributed by atoms with Gasteiger partial charge in [0.2, 0.25) is 0 Å². The molecule has 2 aromatic rings. The molecule has 7 nitrogen and oxygen atoms in total. The van der Waals surface area contributed by atoms with Gasteiger partial charge in [-0.15, -0.1) is 5.10 Å². The zero-order chi connectivity index (χ0) is 12.3. The highest BCUT2D eigenvalue weighted by molar-refractivity contribution is 5.69. The Kier molecular flexibility index (Phi) is 3.17. The van der Waals surface area contributed by atoms with Crippen LogP contribution in [-0.4, -0.2) is 31.7 Å². The molecule has 0 saturated carbocycles. The molecule has 17 heavy (non-hydrogen) atoms. The molecule has 0 spiro atoms. The molecule has 2 aromatic heterocycles. The molecule has 0 radical (unpaired) electrons. The first-order valence-corrected chi connectivity index (χ1v) is 5.27. The summed E-state index contributed by atoms with van der Waals surface area (Å²) in [4.78, 5) is 26.8. The van der Waals surface area contributed by atoms with Gasteiger partial charge in [-0.25, -0.2) is 13.9 Å². The third-order valence-corrected chi connectivity index (χ3v) is 2.22. The molecule has 0 atom stereocenters. The molecule has 0 unspecified atom stereocenters. The normalized spacial score (nSPS) is 10.6. The fraction of sp³-hybridized carbons (Fsp3) is 0.400. The number of nitrogens with zero attached hydrogens (tertiary/aromatic N) is 4. The SMILES string of the molecule is CCOC(=O)CCn1nc2cnccn2c1=O. The van der Waals surface area contributed by atoms with Gasteiger partial charge in [0.25, 0.3) is 0 Å². The summed E-state index contributed by atoms with van der Waals surface area (Å²) in [6.45, 7) is 2.28. The van der Waals surface area contributed by atoms with E-state index in [-0.39, 0.29) is 24.6 Å². The Balaban J connectivity index is 2.17. The Morgan fingerprint density at radius 3 is 3.06 bits per heavy atom. The fourth-order valence-electron chi connectivity index (χ4n) is 1.46. The van der Waals surface area contributed by atoms with Crippen molar-refractivity contribution in [2.75, 3.05) is 6.61 Å². The summed E-state index contributed by atoms with van der Waals surface area (Å²) in [5.74, 6) is -0.338. The van der Waals surface area contributed by atoms with Crippen molar-refractivity contribution >= 4 is 11.6 Å². The minimum atomic E-state index is -0.338. The predicted molar refractivity (Wildman–Crippen MR) is 58.5 cm³/mol. The largest absolute Gasteiger partial charge is 0.466 e. The lowest BCUT2D eigenvalue weighted by molar-refractivity contribution is -0.143. The van der Waals surface area contributed by atoms with E-state index in [2.05, 4.69) is 10.1 Å². The summed E-state index contributed by atoms with van der Waals surface area (Å²) in [5.41, 5.74) is 0.174. The maximum Gasteiger partial charge on any atom is 0.350 e. The summed E-state index contributed by atoms with van der Waals surface area (Å²) in [6.07, 6.45) is 4.66. The van der Waals surface area contributed by atoms with E-state index in [1.165, 1.54) is 27.7 Å². The van der Waals surface area contributed by atoms with Crippen LogP contribution in [0.25, 0.3) is 5.65 Å².